The van der Waals surface area contributed by atoms with Crippen LogP contribution in [0.3, 0.4) is 0 Å². The zero-order valence-corrected chi connectivity index (χ0v) is 14.0. The van der Waals surface area contributed by atoms with E-state index in [-0.39, 0.29) is 17.9 Å². The molecule has 2 aliphatic carbocycles. The third-order valence-electron chi connectivity index (χ3n) is 5.24. The molecule has 0 aromatic heterocycles. The van der Waals surface area contributed by atoms with Gasteiger partial charge in [0.05, 0.1) is 0 Å². The number of carbonyl (C=O) groups excluding carboxylic acids is 1. The molecule has 5 heteroatoms. The Labute approximate surface area is 142 Å². The molecule has 0 saturated heterocycles. The third-order valence-corrected chi connectivity index (χ3v) is 5.24. The summed E-state index contributed by atoms with van der Waals surface area (Å²) in [5.74, 6) is -0.551. The van der Waals surface area contributed by atoms with E-state index in [9.17, 15) is 14.7 Å². The number of carboxylic acids is 1. The predicted octanol–water partition coefficient (Wildman–Crippen LogP) is 3.58. The average molecular weight is 331 g/mol. The summed E-state index contributed by atoms with van der Waals surface area (Å²) in [7, 11) is 0. The van der Waals surface area contributed by atoms with E-state index in [1.807, 2.05) is 30.3 Å². The summed E-state index contributed by atoms with van der Waals surface area (Å²) in [5, 5.41) is 12.2. The maximum Gasteiger partial charge on any atom is 0.408 e. The molecular weight excluding hydrogens is 306 g/mol. The molecule has 3 rings (SSSR count). The van der Waals surface area contributed by atoms with Crippen LogP contribution in [-0.2, 0) is 16.1 Å². The molecule has 1 aromatic rings. The summed E-state index contributed by atoms with van der Waals surface area (Å²) >= 11 is 0. The van der Waals surface area contributed by atoms with Gasteiger partial charge in [-0.1, -0.05) is 37.3 Å². The number of nitrogens with one attached hydrogen (secondary N) is 1. The first-order chi connectivity index (χ1) is 11.5. The van der Waals surface area contributed by atoms with Crippen LogP contribution in [0.2, 0.25) is 0 Å². The Kier molecular flexibility index (Phi) is 4.78. The Hall–Kier alpha value is -2.04. The summed E-state index contributed by atoms with van der Waals surface area (Å²) in [6.07, 6.45) is 4.64. The van der Waals surface area contributed by atoms with Crippen molar-refractivity contribution in [2.45, 2.75) is 51.7 Å². The van der Waals surface area contributed by atoms with E-state index in [2.05, 4.69) is 12.2 Å². The van der Waals surface area contributed by atoms with Gasteiger partial charge in [0.2, 0.25) is 0 Å². The average Bonchev–Trinajstić information content (AvgIpc) is 3.47. The molecule has 2 saturated carbocycles. The van der Waals surface area contributed by atoms with E-state index in [4.69, 9.17) is 4.74 Å². The smallest absolute Gasteiger partial charge is 0.408 e. The van der Waals surface area contributed by atoms with Crippen LogP contribution in [0, 0.1) is 17.3 Å². The minimum atomic E-state index is -0.965. The Morgan fingerprint density at radius 3 is 2.50 bits per heavy atom. The van der Waals surface area contributed by atoms with Crippen molar-refractivity contribution in [2.24, 2.45) is 17.3 Å². The number of alkyl carbamates (subject to hydrolysis) is 1. The zero-order chi connectivity index (χ0) is 17.2. The van der Waals surface area contributed by atoms with E-state index in [0.29, 0.717) is 5.92 Å². The van der Waals surface area contributed by atoms with Gasteiger partial charge in [0, 0.05) is 0 Å². The van der Waals surface area contributed by atoms with Gasteiger partial charge in [-0.05, 0) is 54.9 Å². The number of ether oxygens (including phenoxy) is 1. The molecule has 0 spiro atoms. The first-order valence-electron chi connectivity index (χ1n) is 8.67. The SMILES string of the molecule is CC1(C[C@H](C2CC2)[C@H](NC(=O)OCc2ccccc2)C(=O)O)CC1. The van der Waals surface area contributed by atoms with Crippen LogP contribution in [0.1, 0.15) is 44.6 Å². The maximum atomic E-state index is 12.1. The molecule has 0 radical (unpaired) electrons. The summed E-state index contributed by atoms with van der Waals surface area (Å²) in [5.41, 5.74) is 1.14. The quantitative estimate of drug-likeness (QED) is 0.763. The van der Waals surface area contributed by atoms with E-state index in [1.165, 1.54) is 0 Å². The monoisotopic (exact) mass is 331 g/mol. The number of rotatable bonds is 8. The number of amides is 1. The number of hydrogen-bond acceptors (Lipinski definition) is 3. The first-order valence-corrected chi connectivity index (χ1v) is 8.67. The molecule has 0 aliphatic heterocycles. The highest BCUT2D eigenvalue weighted by atomic mass is 16.5. The molecule has 0 bridgehead atoms. The summed E-state index contributed by atoms with van der Waals surface area (Å²) in [4.78, 5) is 23.8. The van der Waals surface area contributed by atoms with Crippen molar-refractivity contribution in [3.05, 3.63) is 35.9 Å². The van der Waals surface area contributed by atoms with Crippen LogP contribution >= 0.6 is 0 Å². The van der Waals surface area contributed by atoms with Gasteiger partial charge in [0.25, 0.3) is 0 Å². The van der Waals surface area contributed by atoms with Crippen molar-refractivity contribution >= 4 is 12.1 Å². The second-order valence-electron chi connectivity index (χ2n) is 7.54. The predicted molar refractivity (Wildman–Crippen MR) is 89.4 cm³/mol. The van der Waals surface area contributed by atoms with Crippen molar-refractivity contribution in [3.63, 3.8) is 0 Å². The van der Waals surface area contributed by atoms with E-state index >= 15 is 0 Å². The maximum absolute atomic E-state index is 12.1. The van der Waals surface area contributed by atoms with Crippen LogP contribution in [0.5, 0.6) is 0 Å². The van der Waals surface area contributed by atoms with Gasteiger partial charge in [-0.25, -0.2) is 9.59 Å². The standard InChI is InChI=1S/C19H25NO4/c1-19(9-10-19)11-15(14-7-8-14)16(17(21)22)20-18(23)24-12-13-5-3-2-4-6-13/h2-6,14-16H,7-12H2,1H3,(H,20,23)(H,21,22)/t15-,16+/m1/s1. The van der Waals surface area contributed by atoms with Crippen LogP contribution in [0.4, 0.5) is 4.79 Å². The molecule has 2 atom stereocenters. The van der Waals surface area contributed by atoms with Crippen LogP contribution < -0.4 is 5.32 Å². The van der Waals surface area contributed by atoms with Crippen molar-refractivity contribution in [2.75, 3.05) is 0 Å². The van der Waals surface area contributed by atoms with E-state index < -0.39 is 18.1 Å². The van der Waals surface area contributed by atoms with Gasteiger partial charge in [-0.3, -0.25) is 0 Å². The highest BCUT2D eigenvalue weighted by molar-refractivity contribution is 5.80. The Morgan fingerprint density at radius 2 is 1.96 bits per heavy atom. The minimum Gasteiger partial charge on any atom is -0.480 e. The van der Waals surface area contributed by atoms with Gasteiger partial charge in [-0.15, -0.1) is 0 Å². The highest BCUT2D eigenvalue weighted by Crippen LogP contribution is 2.54. The lowest BCUT2D eigenvalue weighted by Gasteiger charge is -2.27. The van der Waals surface area contributed by atoms with Gasteiger partial charge >= 0.3 is 12.1 Å². The van der Waals surface area contributed by atoms with Crippen LogP contribution in [-0.4, -0.2) is 23.2 Å². The van der Waals surface area contributed by atoms with E-state index in [0.717, 1.165) is 37.7 Å². The van der Waals surface area contributed by atoms with Crippen LogP contribution in [0.25, 0.3) is 0 Å². The molecule has 0 unspecified atom stereocenters. The van der Waals surface area contributed by atoms with Crippen molar-refractivity contribution in [1.82, 2.24) is 5.32 Å². The fourth-order valence-electron chi connectivity index (χ4n) is 3.31. The first kappa shape index (κ1) is 16.8. The number of carboxylic acid groups (broad SMARTS) is 1. The lowest BCUT2D eigenvalue weighted by Crippen LogP contribution is -2.47. The molecule has 1 amide bonds. The Morgan fingerprint density at radius 1 is 1.29 bits per heavy atom. The molecule has 2 fully saturated rings. The molecule has 5 nitrogen and oxygen atoms in total. The van der Waals surface area contributed by atoms with Crippen LogP contribution in [0.15, 0.2) is 30.3 Å². The van der Waals surface area contributed by atoms with Crippen molar-refractivity contribution in [1.29, 1.82) is 0 Å². The molecule has 0 heterocycles. The minimum absolute atomic E-state index is 0.000671. The van der Waals surface area contributed by atoms with Crippen molar-refractivity contribution in [3.8, 4) is 0 Å². The number of hydrogen-bond donors (Lipinski definition) is 2. The number of aliphatic carboxylic acids is 1. The lowest BCUT2D eigenvalue weighted by molar-refractivity contribution is -0.141. The van der Waals surface area contributed by atoms with Gasteiger partial charge in [-0.2, -0.15) is 0 Å². The zero-order valence-electron chi connectivity index (χ0n) is 14.0. The molecule has 2 N–H and O–H groups in total. The second-order valence-corrected chi connectivity index (χ2v) is 7.54. The summed E-state index contributed by atoms with van der Waals surface area (Å²) in [6, 6.07) is 8.50. The van der Waals surface area contributed by atoms with Gasteiger partial charge < -0.3 is 15.2 Å². The fourth-order valence-corrected chi connectivity index (χ4v) is 3.31. The third kappa shape index (κ3) is 4.49. The Balaban J connectivity index is 1.58. The lowest BCUT2D eigenvalue weighted by atomic mass is 9.84. The van der Waals surface area contributed by atoms with Crippen molar-refractivity contribution < 1.29 is 19.4 Å². The molecular formula is C19H25NO4. The van der Waals surface area contributed by atoms with Gasteiger partial charge in [0.1, 0.15) is 12.6 Å². The Bertz CT molecular complexity index is 593. The molecule has 130 valence electrons. The highest BCUT2D eigenvalue weighted by Gasteiger charge is 2.48. The molecule has 1 aromatic carbocycles. The molecule has 24 heavy (non-hydrogen) atoms. The van der Waals surface area contributed by atoms with E-state index in [1.54, 1.807) is 0 Å². The summed E-state index contributed by atoms with van der Waals surface area (Å²) < 4.78 is 5.19. The number of carbonyl (C=O) groups is 2. The number of benzene rings is 1. The van der Waals surface area contributed by atoms with Gasteiger partial charge in [0.15, 0.2) is 0 Å². The summed E-state index contributed by atoms with van der Waals surface area (Å²) in [6.45, 7) is 2.35. The fraction of sp³-hybridized carbons (Fsp3) is 0.579. The normalized spacial score (nSPS) is 20.7. The topological polar surface area (TPSA) is 75.6 Å². The molecule has 2 aliphatic rings. The largest absolute Gasteiger partial charge is 0.480 e. The second kappa shape index (κ2) is 6.83.